The van der Waals surface area contributed by atoms with E-state index in [1.807, 2.05) is 0 Å². The Bertz CT molecular complexity index is 657. The minimum atomic E-state index is -1.04. The Hall–Kier alpha value is -2.62. The van der Waals surface area contributed by atoms with Crippen LogP contribution < -0.4 is 4.74 Å². The lowest BCUT2D eigenvalue weighted by Gasteiger charge is -2.11. The van der Waals surface area contributed by atoms with Crippen LogP contribution in [-0.2, 0) is 0 Å². The summed E-state index contributed by atoms with van der Waals surface area (Å²) in [4.78, 5) is 22.4. The van der Waals surface area contributed by atoms with Crippen molar-refractivity contribution in [1.82, 2.24) is 0 Å². The van der Waals surface area contributed by atoms with E-state index in [1.54, 1.807) is 36.4 Å². The first-order chi connectivity index (χ1) is 9.54. The Morgan fingerprint density at radius 3 is 2.20 bits per heavy atom. The van der Waals surface area contributed by atoms with E-state index < -0.39 is 5.97 Å². The van der Waals surface area contributed by atoms with Crippen molar-refractivity contribution in [3.8, 4) is 16.9 Å². The highest BCUT2D eigenvalue weighted by Crippen LogP contribution is 2.33. The standard InChI is InChI=1S/C16H14O4/c1-10(17)11-6-8-12(9-7-11)13-4-3-5-14(16(18)19)15(13)20-2/h3-9H,1-2H3,(H,18,19). The number of carbonyl (C=O) groups is 2. The second kappa shape index (κ2) is 5.57. The van der Waals surface area contributed by atoms with Gasteiger partial charge >= 0.3 is 5.97 Å². The zero-order valence-corrected chi connectivity index (χ0v) is 11.2. The molecule has 2 rings (SSSR count). The van der Waals surface area contributed by atoms with Crippen LogP contribution in [0.5, 0.6) is 5.75 Å². The lowest BCUT2D eigenvalue weighted by molar-refractivity contribution is 0.0693. The van der Waals surface area contributed by atoms with E-state index >= 15 is 0 Å². The van der Waals surface area contributed by atoms with Gasteiger partial charge in [0.25, 0.3) is 0 Å². The maximum atomic E-state index is 11.3. The van der Waals surface area contributed by atoms with Gasteiger partial charge in [0.2, 0.25) is 0 Å². The molecule has 0 unspecified atom stereocenters. The molecule has 0 spiro atoms. The molecule has 0 aliphatic carbocycles. The third kappa shape index (κ3) is 2.54. The van der Waals surface area contributed by atoms with Crippen LogP contribution in [0.4, 0.5) is 0 Å². The number of Topliss-reactive ketones (excluding diaryl/α,β-unsaturated/α-hetero) is 1. The van der Waals surface area contributed by atoms with Gasteiger partial charge in [-0.2, -0.15) is 0 Å². The zero-order valence-electron chi connectivity index (χ0n) is 11.2. The summed E-state index contributed by atoms with van der Waals surface area (Å²) in [5.74, 6) is -0.734. The van der Waals surface area contributed by atoms with Gasteiger partial charge in [-0.25, -0.2) is 4.79 Å². The van der Waals surface area contributed by atoms with Gasteiger partial charge in [-0.05, 0) is 18.6 Å². The maximum absolute atomic E-state index is 11.3. The molecular formula is C16H14O4. The molecule has 0 heterocycles. The second-order valence-electron chi connectivity index (χ2n) is 4.33. The number of methoxy groups -OCH3 is 1. The number of carboxylic acids is 1. The van der Waals surface area contributed by atoms with Crippen molar-refractivity contribution >= 4 is 11.8 Å². The van der Waals surface area contributed by atoms with E-state index in [4.69, 9.17) is 9.84 Å². The molecule has 0 aliphatic heterocycles. The lowest BCUT2D eigenvalue weighted by atomic mass is 9.99. The zero-order chi connectivity index (χ0) is 14.7. The van der Waals surface area contributed by atoms with Gasteiger partial charge in [0.1, 0.15) is 11.3 Å². The Balaban J connectivity index is 2.54. The predicted molar refractivity (Wildman–Crippen MR) is 75.4 cm³/mol. The molecule has 20 heavy (non-hydrogen) atoms. The quantitative estimate of drug-likeness (QED) is 0.866. The summed E-state index contributed by atoms with van der Waals surface area (Å²) in [5, 5.41) is 9.16. The van der Waals surface area contributed by atoms with E-state index in [0.717, 1.165) is 5.56 Å². The number of hydrogen-bond donors (Lipinski definition) is 1. The topological polar surface area (TPSA) is 63.6 Å². The van der Waals surface area contributed by atoms with Crippen molar-refractivity contribution in [2.45, 2.75) is 6.92 Å². The molecule has 2 aromatic rings. The lowest BCUT2D eigenvalue weighted by Crippen LogP contribution is -2.01. The van der Waals surface area contributed by atoms with Crippen molar-refractivity contribution in [2.24, 2.45) is 0 Å². The minimum absolute atomic E-state index is 0.0113. The third-order valence-electron chi connectivity index (χ3n) is 3.05. The highest BCUT2D eigenvalue weighted by molar-refractivity contribution is 5.96. The van der Waals surface area contributed by atoms with Crippen molar-refractivity contribution < 1.29 is 19.4 Å². The summed E-state index contributed by atoms with van der Waals surface area (Å²) in [6, 6.07) is 11.9. The molecule has 2 aromatic carbocycles. The molecule has 4 heteroatoms. The highest BCUT2D eigenvalue weighted by Gasteiger charge is 2.15. The molecule has 102 valence electrons. The monoisotopic (exact) mass is 270 g/mol. The van der Waals surface area contributed by atoms with E-state index in [-0.39, 0.29) is 11.3 Å². The normalized spacial score (nSPS) is 10.1. The first-order valence-electron chi connectivity index (χ1n) is 6.06. The number of hydrogen-bond acceptors (Lipinski definition) is 3. The van der Waals surface area contributed by atoms with Gasteiger partial charge in [-0.1, -0.05) is 36.4 Å². The highest BCUT2D eigenvalue weighted by atomic mass is 16.5. The third-order valence-corrected chi connectivity index (χ3v) is 3.05. The SMILES string of the molecule is COc1c(C(=O)O)cccc1-c1ccc(C(C)=O)cc1. The Morgan fingerprint density at radius 2 is 1.70 bits per heavy atom. The van der Waals surface area contributed by atoms with Gasteiger partial charge in [0, 0.05) is 11.1 Å². The van der Waals surface area contributed by atoms with Crippen LogP contribution in [0.15, 0.2) is 42.5 Å². The molecule has 1 N–H and O–H groups in total. The van der Waals surface area contributed by atoms with Gasteiger partial charge in [0.15, 0.2) is 5.78 Å². The van der Waals surface area contributed by atoms with Crippen molar-refractivity contribution in [3.63, 3.8) is 0 Å². The Kier molecular flexibility index (Phi) is 3.84. The van der Waals surface area contributed by atoms with Crippen LogP contribution in [0, 0.1) is 0 Å². The van der Waals surface area contributed by atoms with E-state index in [2.05, 4.69) is 0 Å². The van der Waals surface area contributed by atoms with Gasteiger partial charge in [0.05, 0.1) is 7.11 Å². The summed E-state index contributed by atoms with van der Waals surface area (Å²) in [6.07, 6.45) is 0. The fourth-order valence-corrected chi connectivity index (χ4v) is 2.04. The van der Waals surface area contributed by atoms with Crippen LogP contribution in [-0.4, -0.2) is 24.0 Å². The van der Waals surface area contributed by atoms with Gasteiger partial charge < -0.3 is 9.84 Å². The molecule has 0 bridgehead atoms. The first kappa shape index (κ1) is 13.8. The van der Waals surface area contributed by atoms with Crippen LogP contribution in [0.3, 0.4) is 0 Å². The molecule has 0 aromatic heterocycles. The van der Waals surface area contributed by atoms with Crippen LogP contribution >= 0.6 is 0 Å². The fourth-order valence-electron chi connectivity index (χ4n) is 2.04. The predicted octanol–water partition coefficient (Wildman–Crippen LogP) is 3.26. The van der Waals surface area contributed by atoms with Crippen LogP contribution in [0.2, 0.25) is 0 Å². The first-order valence-corrected chi connectivity index (χ1v) is 6.06. The largest absolute Gasteiger partial charge is 0.495 e. The van der Waals surface area contributed by atoms with E-state index in [1.165, 1.54) is 20.1 Å². The Morgan fingerprint density at radius 1 is 1.05 bits per heavy atom. The molecule has 4 nitrogen and oxygen atoms in total. The molecule has 0 atom stereocenters. The molecule has 0 saturated carbocycles. The Labute approximate surface area is 116 Å². The van der Waals surface area contributed by atoms with Crippen molar-refractivity contribution in [2.75, 3.05) is 7.11 Å². The fraction of sp³-hybridized carbons (Fsp3) is 0.125. The molecule has 0 fully saturated rings. The molecule has 0 amide bonds. The number of rotatable bonds is 4. The number of aromatic carboxylic acids is 1. The average Bonchev–Trinajstić information content (AvgIpc) is 2.46. The summed E-state index contributed by atoms with van der Waals surface area (Å²) in [6.45, 7) is 1.50. The maximum Gasteiger partial charge on any atom is 0.339 e. The smallest absolute Gasteiger partial charge is 0.339 e. The summed E-state index contributed by atoms with van der Waals surface area (Å²) in [7, 11) is 1.44. The molecule has 0 saturated heterocycles. The van der Waals surface area contributed by atoms with Crippen LogP contribution in [0.25, 0.3) is 11.1 Å². The van der Waals surface area contributed by atoms with Gasteiger partial charge in [-0.15, -0.1) is 0 Å². The van der Waals surface area contributed by atoms with Crippen molar-refractivity contribution in [1.29, 1.82) is 0 Å². The average molecular weight is 270 g/mol. The number of para-hydroxylation sites is 1. The molecular weight excluding hydrogens is 256 g/mol. The molecule has 0 radical (unpaired) electrons. The van der Waals surface area contributed by atoms with E-state index in [9.17, 15) is 9.59 Å². The number of carboxylic acid groups (broad SMARTS) is 1. The summed E-state index contributed by atoms with van der Waals surface area (Å²) in [5.41, 5.74) is 2.21. The van der Waals surface area contributed by atoms with Gasteiger partial charge in [-0.3, -0.25) is 4.79 Å². The minimum Gasteiger partial charge on any atom is -0.495 e. The van der Waals surface area contributed by atoms with Crippen molar-refractivity contribution in [3.05, 3.63) is 53.6 Å². The number of benzene rings is 2. The second-order valence-corrected chi connectivity index (χ2v) is 4.33. The number of carbonyl (C=O) groups excluding carboxylic acids is 1. The van der Waals surface area contributed by atoms with E-state index in [0.29, 0.717) is 16.9 Å². The molecule has 0 aliphatic rings. The number of ketones is 1. The summed E-state index contributed by atoms with van der Waals surface area (Å²) < 4.78 is 5.22. The summed E-state index contributed by atoms with van der Waals surface area (Å²) >= 11 is 0. The van der Waals surface area contributed by atoms with Crippen LogP contribution in [0.1, 0.15) is 27.6 Å². The number of ether oxygens (including phenoxy) is 1.